The molecule has 0 aromatic heterocycles. The molecule has 4 aromatic carbocycles. The SMILES string of the molecule is O=C(c1ccccc1)c1cc2c(c3ccccc13)C(=O)c1ccccc1C2. The third-order valence-electron chi connectivity index (χ3n) is 5.28. The van der Waals surface area contributed by atoms with Crippen LogP contribution in [0.4, 0.5) is 0 Å². The fourth-order valence-corrected chi connectivity index (χ4v) is 4.01. The molecule has 0 saturated heterocycles. The largest absolute Gasteiger partial charge is 0.289 e. The highest BCUT2D eigenvalue weighted by molar-refractivity contribution is 6.24. The van der Waals surface area contributed by atoms with Gasteiger partial charge in [-0.15, -0.1) is 0 Å². The highest BCUT2D eigenvalue weighted by Gasteiger charge is 2.27. The van der Waals surface area contributed by atoms with Gasteiger partial charge in [-0.25, -0.2) is 0 Å². The van der Waals surface area contributed by atoms with Crippen LogP contribution in [0.15, 0.2) is 84.9 Å². The Morgan fingerprint density at radius 3 is 2.19 bits per heavy atom. The number of hydrogen-bond acceptors (Lipinski definition) is 2. The lowest BCUT2D eigenvalue weighted by molar-refractivity contribution is 0.102. The van der Waals surface area contributed by atoms with Gasteiger partial charge in [-0.1, -0.05) is 78.9 Å². The molecule has 4 aromatic rings. The molecule has 5 rings (SSSR count). The maximum absolute atomic E-state index is 13.2. The lowest BCUT2D eigenvalue weighted by Gasteiger charge is -2.21. The van der Waals surface area contributed by atoms with Crippen LogP contribution in [0, 0.1) is 0 Å². The van der Waals surface area contributed by atoms with Crippen LogP contribution < -0.4 is 0 Å². The second-order valence-corrected chi connectivity index (χ2v) is 6.86. The highest BCUT2D eigenvalue weighted by atomic mass is 16.1. The lowest BCUT2D eigenvalue weighted by atomic mass is 9.80. The molecule has 0 saturated carbocycles. The minimum atomic E-state index is -0.0130. The van der Waals surface area contributed by atoms with E-state index >= 15 is 0 Å². The van der Waals surface area contributed by atoms with Gasteiger partial charge < -0.3 is 0 Å². The van der Waals surface area contributed by atoms with Crippen molar-refractivity contribution < 1.29 is 9.59 Å². The van der Waals surface area contributed by atoms with Crippen molar-refractivity contribution in [3.8, 4) is 0 Å². The number of benzene rings is 4. The van der Waals surface area contributed by atoms with E-state index in [9.17, 15) is 9.59 Å². The van der Waals surface area contributed by atoms with E-state index < -0.39 is 0 Å². The lowest BCUT2D eigenvalue weighted by Crippen LogP contribution is -2.17. The van der Waals surface area contributed by atoms with E-state index in [4.69, 9.17) is 0 Å². The van der Waals surface area contributed by atoms with Crippen molar-refractivity contribution in [3.63, 3.8) is 0 Å². The van der Waals surface area contributed by atoms with E-state index in [0.717, 1.165) is 33.0 Å². The molecule has 2 nitrogen and oxygen atoms in total. The Hall–Kier alpha value is -3.52. The van der Waals surface area contributed by atoms with Crippen LogP contribution in [0.2, 0.25) is 0 Å². The van der Waals surface area contributed by atoms with Gasteiger partial charge in [0.15, 0.2) is 11.6 Å². The van der Waals surface area contributed by atoms with Gasteiger partial charge in [-0.05, 0) is 34.4 Å². The van der Waals surface area contributed by atoms with Crippen molar-refractivity contribution in [1.29, 1.82) is 0 Å². The third kappa shape index (κ3) is 2.42. The Kier molecular flexibility index (Phi) is 3.51. The average molecular weight is 348 g/mol. The predicted molar refractivity (Wildman–Crippen MR) is 107 cm³/mol. The normalized spacial score (nSPS) is 12.5. The maximum Gasteiger partial charge on any atom is 0.194 e. The molecule has 0 N–H and O–H groups in total. The molecule has 128 valence electrons. The molecular formula is C25H16O2. The van der Waals surface area contributed by atoms with Crippen molar-refractivity contribution >= 4 is 22.3 Å². The van der Waals surface area contributed by atoms with Crippen LogP contribution in [-0.2, 0) is 6.42 Å². The van der Waals surface area contributed by atoms with Crippen molar-refractivity contribution in [2.75, 3.05) is 0 Å². The number of hydrogen-bond donors (Lipinski definition) is 0. The third-order valence-corrected chi connectivity index (χ3v) is 5.28. The molecule has 0 heterocycles. The Bertz CT molecular complexity index is 1220. The molecule has 27 heavy (non-hydrogen) atoms. The summed E-state index contributed by atoms with van der Waals surface area (Å²) in [6, 6.07) is 26.7. The minimum absolute atomic E-state index is 0.0130. The zero-order valence-corrected chi connectivity index (χ0v) is 14.6. The second-order valence-electron chi connectivity index (χ2n) is 6.86. The van der Waals surface area contributed by atoms with Crippen molar-refractivity contribution in [1.82, 2.24) is 0 Å². The van der Waals surface area contributed by atoms with E-state index in [-0.39, 0.29) is 11.6 Å². The zero-order valence-electron chi connectivity index (χ0n) is 14.6. The summed E-state index contributed by atoms with van der Waals surface area (Å²) in [6.07, 6.45) is 0.664. The number of carbonyl (C=O) groups excluding carboxylic acids is 2. The van der Waals surface area contributed by atoms with Crippen molar-refractivity contribution in [3.05, 3.63) is 118 Å². The topological polar surface area (TPSA) is 34.1 Å². The zero-order chi connectivity index (χ0) is 18.4. The van der Waals surface area contributed by atoms with Gasteiger partial charge in [0.25, 0.3) is 0 Å². The quantitative estimate of drug-likeness (QED) is 0.411. The van der Waals surface area contributed by atoms with Gasteiger partial charge in [0.1, 0.15) is 0 Å². The Balaban J connectivity index is 1.78. The van der Waals surface area contributed by atoms with Crippen LogP contribution in [0.5, 0.6) is 0 Å². The summed E-state index contributed by atoms with van der Waals surface area (Å²) in [5, 5.41) is 1.69. The highest BCUT2D eigenvalue weighted by Crippen LogP contribution is 2.35. The molecule has 1 aliphatic rings. The molecular weight excluding hydrogens is 332 g/mol. The molecule has 0 bridgehead atoms. The fourth-order valence-electron chi connectivity index (χ4n) is 4.01. The summed E-state index contributed by atoms with van der Waals surface area (Å²) in [5.74, 6) is 0.0302. The number of fused-ring (bicyclic) bond motifs is 4. The van der Waals surface area contributed by atoms with Crippen LogP contribution >= 0.6 is 0 Å². The average Bonchev–Trinajstić information content (AvgIpc) is 2.73. The molecule has 2 heteroatoms. The van der Waals surface area contributed by atoms with Gasteiger partial charge in [-0.3, -0.25) is 9.59 Å². The predicted octanol–water partition coefficient (Wildman–Crippen LogP) is 5.21. The van der Waals surface area contributed by atoms with Gasteiger partial charge in [0.2, 0.25) is 0 Å². The second kappa shape index (κ2) is 6.03. The number of rotatable bonds is 2. The van der Waals surface area contributed by atoms with Gasteiger partial charge in [0.05, 0.1) is 0 Å². The first kappa shape index (κ1) is 15.7. The summed E-state index contributed by atoms with van der Waals surface area (Å²) in [7, 11) is 0. The molecule has 0 radical (unpaired) electrons. The molecule has 1 aliphatic carbocycles. The van der Waals surface area contributed by atoms with E-state index in [1.165, 1.54) is 0 Å². The number of carbonyl (C=O) groups is 2. The minimum Gasteiger partial charge on any atom is -0.289 e. The molecule has 0 fully saturated rings. The maximum atomic E-state index is 13.2. The van der Waals surface area contributed by atoms with Gasteiger partial charge in [0, 0.05) is 22.3 Å². The molecule has 0 atom stereocenters. The molecule has 0 unspecified atom stereocenters. The summed E-state index contributed by atoms with van der Waals surface area (Å²) >= 11 is 0. The molecule has 0 amide bonds. The van der Waals surface area contributed by atoms with E-state index in [1.807, 2.05) is 84.9 Å². The van der Waals surface area contributed by atoms with Crippen molar-refractivity contribution in [2.45, 2.75) is 6.42 Å². The standard InChI is InChI=1S/C25H16O2/c26-24(16-8-2-1-3-9-16)22-15-18-14-17-10-4-5-11-19(17)25(27)23(18)21-13-7-6-12-20(21)22/h1-13,15H,14H2. The van der Waals surface area contributed by atoms with E-state index in [1.54, 1.807) is 0 Å². The fraction of sp³-hybridized carbons (Fsp3) is 0.0400. The van der Waals surface area contributed by atoms with Crippen LogP contribution in [0.3, 0.4) is 0 Å². The number of ketones is 2. The monoisotopic (exact) mass is 348 g/mol. The van der Waals surface area contributed by atoms with Crippen LogP contribution in [-0.4, -0.2) is 11.6 Å². The molecule has 0 spiro atoms. The van der Waals surface area contributed by atoms with E-state index in [0.29, 0.717) is 17.5 Å². The van der Waals surface area contributed by atoms with Gasteiger partial charge >= 0.3 is 0 Å². The summed E-state index contributed by atoms with van der Waals surface area (Å²) < 4.78 is 0. The summed E-state index contributed by atoms with van der Waals surface area (Å²) in [5.41, 5.74) is 4.75. The van der Waals surface area contributed by atoms with Crippen LogP contribution in [0.25, 0.3) is 10.8 Å². The van der Waals surface area contributed by atoms with Crippen LogP contribution in [0.1, 0.15) is 43.0 Å². The first-order valence-electron chi connectivity index (χ1n) is 9.01. The Morgan fingerprint density at radius 1 is 0.704 bits per heavy atom. The first-order chi connectivity index (χ1) is 13.2. The van der Waals surface area contributed by atoms with Crippen molar-refractivity contribution in [2.24, 2.45) is 0 Å². The first-order valence-corrected chi connectivity index (χ1v) is 9.01. The van der Waals surface area contributed by atoms with E-state index in [2.05, 4.69) is 0 Å². The summed E-state index contributed by atoms with van der Waals surface area (Å²) in [4.78, 5) is 26.4. The molecule has 0 aliphatic heterocycles. The van der Waals surface area contributed by atoms with Gasteiger partial charge in [-0.2, -0.15) is 0 Å². The Labute approximate surface area is 157 Å². The summed E-state index contributed by atoms with van der Waals surface area (Å²) in [6.45, 7) is 0. The Morgan fingerprint density at radius 2 is 1.37 bits per heavy atom. The smallest absolute Gasteiger partial charge is 0.194 e.